The average Bonchev–Trinajstić information content (AvgIpc) is 2.35. The van der Waals surface area contributed by atoms with Crippen LogP contribution in [0.25, 0.3) is 10.8 Å². The van der Waals surface area contributed by atoms with Crippen molar-refractivity contribution in [1.29, 1.82) is 0 Å². The molecule has 0 aliphatic rings. The van der Waals surface area contributed by atoms with Crippen LogP contribution in [0.5, 0.6) is 0 Å². The zero-order valence-corrected chi connectivity index (χ0v) is 9.53. The quantitative estimate of drug-likeness (QED) is 0.658. The van der Waals surface area contributed by atoms with E-state index in [2.05, 4.69) is 49.2 Å². The van der Waals surface area contributed by atoms with Crippen molar-refractivity contribution >= 4 is 10.8 Å². The molecule has 79 valence electrons. The van der Waals surface area contributed by atoms with Crippen molar-refractivity contribution in [2.24, 2.45) is 0 Å². The molecular weight excluding hydrogens is 192 g/mol. The fourth-order valence-corrected chi connectivity index (χ4v) is 2.04. The Hall–Kier alpha value is -1.74. The van der Waals surface area contributed by atoms with Crippen LogP contribution in [0, 0.1) is 12.3 Å². The third-order valence-corrected chi connectivity index (χ3v) is 2.93. The fraction of sp³-hybridized carbons (Fsp3) is 0.250. The van der Waals surface area contributed by atoms with Gasteiger partial charge in [-0.1, -0.05) is 55.7 Å². The molecule has 0 fully saturated rings. The van der Waals surface area contributed by atoms with Crippen molar-refractivity contribution in [2.45, 2.75) is 25.7 Å². The molecule has 0 saturated carbocycles. The van der Waals surface area contributed by atoms with Crippen LogP contribution >= 0.6 is 0 Å². The lowest BCUT2D eigenvalue weighted by molar-refractivity contribution is 0.734. The van der Waals surface area contributed by atoms with Gasteiger partial charge in [0.05, 0.1) is 0 Å². The standard InChI is InChI=1S/C16H15/c1-3-7-13(4-2)16-11-10-14-8-5-6-9-15(14)12-16/h5-6,8-13H,3,7H2,1H3. The molecule has 0 heterocycles. The van der Waals surface area contributed by atoms with E-state index in [4.69, 9.17) is 6.42 Å². The van der Waals surface area contributed by atoms with Gasteiger partial charge in [0.1, 0.15) is 0 Å². The Morgan fingerprint density at radius 3 is 2.56 bits per heavy atom. The maximum absolute atomic E-state index is 7.36. The largest absolute Gasteiger partial charge is 0.0809 e. The topological polar surface area (TPSA) is 0 Å². The number of benzene rings is 2. The lowest BCUT2D eigenvalue weighted by atomic mass is 9.93. The van der Waals surface area contributed by atoms with Gasteiger partial charge in [0.15, 0.2) is 0 Å². The second kappa shape index (κ2) is 4.86. The molecule has 1 radical (unpaired) electrons. The van der Waals surface area contributed by atoms with Gasteiger partial charge in [-0.05, 0) is 35.2 Å². The molecule has 0 amide bonds. The van der Waals surface area contributed by atoms with Crippen LogP contribution in [0.15, 0.2) is 42.5 Å². The predicted molar refractivity (Wildman–Crippen MR) is 68.7 cm³/mol. The first-order valence-electron chi connectivity index (χ1n) is 5.76. The average molecular weight is 207 g/mol. The maximum atomic E-state index is 7.36. The smallest absolute Gasteiger partial charge is 0.0462 e. The third kappa shape index (κ3) is 2.09. The Morgan fingerprint density at radius 1 is 1.12 bits per heavy atom. The van der Waals surface area contributed by atoms with Crippen LogP contribution in [0.1, 0.15) is 31.2 Å². The summed E-state index contributed by atoms with van der Waals surface area (Å²) in [6, 6.07) is 14.8. The lowest BCUT2D eigenvalue weighted by Crippen LogP contribution is -1.94. The van der Waals surface area contributed by atoms with Gasteiger partial charge in [0.25, 0.3) is 0 Å². The molecule has 0 heteroatoms. The first-order chi connectivity index (χ1) is 7.85. The normalized spacial score (nSPS) is 12.2. The highest BCUT2D eigenvalue weighted by atomic mass is 14.1. The number of hydrogen-bond donors (Lipinski definition) is 0. The first-order valence-corrected chi connectivity index (χ1v) is 5.76. The molecule has 0 aliphatic carbocycles. The van der Waals surface area contributed by atoms with E-state index in [-0.39, 0.29) is 5.92 Å². The molecule has 16 heavy (non-hydrogen) atoms. The summed E-state index contributed by atoms with van der Waals surface area (Å²) >= 11 is 0. The Kier molecular flexibility index (Phi) is 3.27. The van der Waals surface area contributed by atoms with Gasteiger partial charge < -0.3 is 0 Å². The van der Waals surface area contributed by atoms with E-state index >= 15 is 0 Å². The summed E-state index contributed by atoms with van der Waals surface area (Å²) in [5.41, 5.74) is 1.20. The van der Waals surface area contributed by atoms with E-state index in [9.17, 15) is 0 Å². The maximum Gasteiger partial charge on any atom is 0.0462 e. The van der Waals surface area contributed by atoms with Gasteiger partial charge in [0.2, 0.25) is 0 Å². The highest BCUT2D eigenvalue weighted by Gasteiger charge is 2.07. The van der Waals surface area contributed by atoms with Gasteiger partial charge in [-0.2, -0.15) is 0 Å². The predicted octanol–water partition coefficient (Wildman–Crippen LogP) is 4.31. The van der Waals surface area contributed by atoms with Gasteiger partial charge in [-0.3, -0.25) is 0 Å². The monoisotopic (exact) mass is 207 g/mol. The van der Waals surface area contributed by atoms with Crippen molar-refractivity contribution in [3.63, 3.8) is 0 Å². The summed E-state index contributed by atoms with van der Waals surface area (Å²) in [7, 11) is 0. The molecule has 2 aromatic carbocycles. The van der Waals surface area contributed by atoms with E-state index in [1.807, 2.05) is 6.07 Å². The van der Waals surface area contributed by atoms with E-state index in [1.165, 1.54) is 16.3 Å². The van der Waals surface area contributed by atoms with Crippen LogP contribution < -0.4 is 0 Å². The Labute approximate surface area is 97.3 Å². The molecule has 0 bridgehead atoms. The number of hydrogen-bond acceptors (Lipinski definition) is 0. The minimum Gasteiger partial charge on any atom is -0.0809 e. The van der Waals surface area contributed by atoms with Crippen molar-refractivity contribution in [3.8, 4) is 5.92 Å². The summed E-state index contributed by atoms with van der Waals surface area (Å²) < 4.78 is 0. The molecule has 0 nitrogen and oxygen atoms in total. The van der Waals surface area contributed by atoms with E-state index in [0.717, 1.165) is 12.8 Å². The van der Waals surface area contributed by atoms with E-state index in [0.29, 0.717) is 0 Å². The summed E-state index contributed by atoms with van der Waals surface area (Å²) in [6.45, 7) is 2.14. The van der Waals surface area contributed by atoms with Crippen molar-refractivity contribution in [3.05, 3.63) is 54.5 Å². The Bertz CT molecular complexity index is 517. The SMILES string of the molecule is [C]#CC(CCC)c1ccc2ccccc2c1. The molecule has 1 atom stereocenters. The molecule has 0 spiro atoms. The molecule has 0 aromatic heterocycles. The molecule has 0 N–H and O–H groups in total. The molecule has 0 saturated heterocycles. The minimum atomic E-state index is 0.148. The molecule has 0 aliphatic heterocycles. The van der Waals surface area contributed by atoms with Crippen LogP contribution in [-0.4, -0.2) is 0 Å². The molecule has 1 unspecified atom stereocenters. The van der Waals surface area contributed by atoms with E-state index in [1.54, 1.807) is 0 Å². The zero-order valence-electron chi connectivity index (χ0n) is 9.53. The zero-order chi connectivity index (χ0) is 11.4. The highest BCUT2D eigenvalue weighted by Crippen LogP contribution is 2.24. The van der Waals surface area contributed by atoms with Gasteiger partial charge >= 0.3 is 0 Å². The molecule has 2 rings (SSSR count). The summed E-state index contributed by atoms with van der Waals surface area (Å²) in [5, 5.41) is 2.50. The minimum absolute atomic E-state index is 0.148. The van der Waals surface area contributed by atoms with Gasteiger partial charge in [-0.15, -0.1) is 0 Å². The second-order valence-electron chi connectivity index (χ2n) is 4.09. The fourth-order valence-electron chi connectivity index (χ4n) is 2.04. The molecular formula is C16H15. The summed E-state index contributed by atoms with van der Waals surface area (Å²) in [5.74, 6) is 2.78. The van der Waals surface area contributed by atoms with Crippen LogP contribution in [-0.2, 0) is 0 Å². The lowest BCUT2D eigenvalue weighted by Gasteiger charge is -2.10. The number of rotatable bonds is 3. The summed E-state index contributed by atoms with van der Waals surface area (Å²) in [6.07, 6.45) is 9.45. The molecule has 2 aromatic rings. The number of fused-ring (bicyclic) bond motifs is 1. The Morgan fingerprint density at radius 2 is 1.88 bits per heavy atom. The van der Waals surface area contributed by atoms with Gasteiger partial charge in [0, 0.05) is 5.92 Å². The van der Waals surface area contributed by atoms with Crippen molar-refractivity contribution in [2.75, 3.05) is 0 Å². The van der Waals surface area contributed by atoms with Crippen LogP contribution in [0.3, 0.4) is 0 Å². The summed E-state index contributed by atoms with van der Waals surface area (Å²) in [4.78, 5) is 0. The Balaban J connectivity index is 2.42. The highest BCUT2D eigenvalue weighted by molar-refractivity contribution is 5.83. The van der Waals surface area contributed by atoms with Crippen molar-refractivity contribution < 1.29 is 0 Å². The first kappa shape index (κ1) is 10.8. The van der Waals surface area contributed by atoms with Gasteiger partial charge in [-0.25, -0.2) is 0 Å². The van der Waals surface area contributed by atoms with Crippen molar-refractivity contribution in [1.82, 2.24) is 0 Å². The second-order valence-corrected chi connectivity index (χ2v) is 4.09. The third-order valence-electron chi connectivity index (χ3n) is 2.93. The van der Waals surface area contributed by atoms with E-state index < -0.39 is 0 Å². The van der Waals surface area contributed by atoms with Crippen LogP contribution in [0.2, 0.25) is 0 Å². The van der Waals surface area contributed by atoms with Crippen LogP contribution in [0.4, 0.5) is 0 Å².